The number of imidazole rings is 2. The monoisotopic (exact) mass is 220 g/mol. The fraction of sp³-hybridized carbons (Fsp3) is 0.455. The van der Waals surface area contributed by atoms with Crippen LogP contribution in [0, 0.1) is 6.92 Å². The van der Waals surface area contributed by atoms with Crippen LogP contribution in [0.1, 0.15) is 12.7 Å². The third kappa shape index (κ3) is 1.93. The van der Waals surface area contributed by atoms with E-state index in [0.717, 1.165) is 18.9 Å². The van der Waals surface area contributed by atoms with Crippen molar-refractivity contribution in [3.8, 4) is 0 Å². The summed E-state index contributed by atoms with van der Waals surface area (Å²) in [6.45, 7) is 6.10. The molecule has 0 saturated heterocycles. The Morgan fingerprint density at radius 1 is 1.12 bits per heavy atom. The van der Waals surface area contributed by atoms with E-state index in [1.54, 1.807) is 15.3 Å². The summed E-state index contributed by atoms with van der Waals surface area (Å²) in [5.41, 5.74) is 0.0558. The van der Waals surface area contributed by atoms with Gasteiger partial charge >= 0.3 is 5.69 Å². The van der Waals surface area contributed by atoms with Gasteiger partial charge in [-0.05, 0) is 13.8 Å². The molecule has 0 aliphatic rings. The number of aromatic nitrogens is 4. The number of nitrogens with zero attached hydrogens (tertiary/aromatic N) is 4. The minimum absolute atomic E-state index is 0.0558. The van der Waals surface area contributed by atoms with Crippen LogP contribution in [0.3, 0.4) is 0 Å². The molecule has 0 bridgehead atoms. The van der Waals surface area contributed by atoms with Crippen LogP contribution in [-0.4, -0.2) is 18.7 Å². The predicted octanol–water partition coefficient (Wildman–Crippen LogP) is 0.875. The van der Waals surface area contributed by atoms with E-state index in [0.29, 0.717) is 6.54 Å². The second-order valence-electron chi connectivity index (χ2n) is 3.73. The zero-order valence-corrected chi connectivity index (χ0v) is 9.63. The van der Waals surface area contributed by atoms with E-state index in [9.17, 15) is 4.79 Å². The highest BCUT2D eigenvalue weighted by Gasteiger charge is 2.02. The van der Waals surface area contributed by atoms with Crippen LogP contribution in [-0.2, 0) is 19.6 Å². The van der Waals surface area contributed by atoms with Crippen molar-refractivity contribution in [1.82, 2.24) is 18.7 Å². The Morgan fingerprint density at radius 2 is 1.81 bits per heavy atom. The first kappa shape index (κ1) is 10.7. The van der Waals surface area contributed by atoms with E-state index in [-0.39, 0.29) is 5.69 Å². The molecule has 2 rings (SSSR count). The fourth-order valence-electron chi connectivity index (χ4n) is 1.72. The van der Waals surface area contributed by atoms with Crippen molar-refractivity contribution >= 4 is 0 Å². The highest BCUT2D eigenvalue weighted by molar-refractivity contribution is 4.89. The van der Waals surface area contributed by atoms with Crippen molar-refractivity contribution in [2.75, 3.05) is 0 Å². The summed E-state index contributed by atoms with van der Waals surface area (Å²) in [7, 11) is 0. The Bertz CT molecular complexity index is 520. The van der Waals surface area contributed by atoms with Gasteiger partial charge in [-0.25, -0.2) is 9.78 Å². The topological polar surface area (TPSA) is 44.8 Å². The molecule has 2 aromatic rings. The summed E-state index contributed by atoms with van der Waals surface area (Å²) in [5, 5.41) is 0. The van der Waals surface area contributed by atoms with Crippen LogP contribution in [0.4, 0.5) is 0 Å². The third-order valence-electron chi connectivity index (χ3n) is 2.76. The first-order valence-corrected chi connectivity index (χ1v) is 5.45. The molecule has 0 amide bonds. The lowest BCUT2D eigenvalue weighted by Crippen LogP contribution is -2.25. The summed E-state index contributed by atoms with van der Waals surface area (Å²) >= 11 is 0. The van der Waals surface area contributed by atoms with Crippen LogP contribution in [0.2, 0.25) is 0 Å². The van der Waals surface area contributed by atoms with Gasteiger partial charge in [0.1, 0.15) is 5.82 Å². The van der Waals surface area contributed by atoms with Crippen LogP contribution in [0.15, 0.2) is 29.6 Å². The van der Waals surface area contributed by atoms with E-state index in [2.05, 4.69) is 4.98 Å². The smallest absolute Gasteiger partial charge is 0.328 e. The van der Waals surface area contributed by atoms with E-state index >= 15 is 0 Å². The van der Waals surface area contributed by atoms with Crippen molar-refractivity contribution in [1.29, 1.82) is 0 Å². The van der Waals surface area contributed by atoms with Gasteiger partial charge in [-0.15, -0.1) is 0 Å². The Kier molecular flexibility index (Phi) is 2.94. The second-order valence-corrected chi connectivity index (χ2v) is 3.73. The Labute approximate surface area is 94.0 Å². The number of hydrogen-bond acceptors (Lipinski definition) is 2. The molecular formula is C11H16N4O. The van der Waals surface area contributed by atoms with Crippen molar-refractivity contribution in [3.63, 3.8) is 0 Å². The maximum absolute atomic E-state index is 11.7. The molecule has 16 heavy (non-hydrogen) atoms. The van der Waals surface area contributed by atoms with E-state index in [1.165, 1.54) is 0 Å². The molecule has 2 heterocycles. The van der Waals surface area contributed by atoms with E-state index < -0.39 is 0 Å². The van der Waals surface area contributed by atoms with Crippen LogP contribution < -0.4 is 5.69 Å². The largest absolute Gasteiger partial charge is 0.333 e. The SMILES string of the molecule is CCn1ccn(CCn2ccnc2C)c1=O. The van der Waals surface area contributed by atoms with Gasteiger partial charge in [-0.2, -0.15) is 0 Å². The average Bonchev–Trinajstić information content (AvgIpc) is 2.83. The standard InChI is InChI=1S/C11H16N4O/c1-3-13-6-8-15(11(13)16)9-7-14-5-4-12-10(14)2/h4-6,8H,3,7,9H2,1-2H3. The summed E-state index contributed by atoms with van der Waals surface area (Å²) in [5.74, 6) is 0.975. The lowest BCUT2D eigenvalue weighted by molar-refractivity contribution is 0.544. The summed E-state index contributed by atoms with van der Waals surface area (Å²) in [6.07, 6.45) is 7.35. The molecule has 86 valence electrons. The van der Waals surface area contributed by atoms with Gasteiger partial charge in [0.25, 0.3) is 0 Å². The van der Waals surface area contributed by atoms with Gasteiger partial charge in [0.15, 0.2) is 0 Å². The quantitative estimate of drug-likeness (QED) is 0.767. The van der Waals surface area contributed by atoms with E-state index in [4.69, 9.17) is 0 Å². The molecule has 0 aliphatic heterocycles. The maximum atomic E-state index is 11.7. The first-order valence-electron chi connectivity index (χ1n) is 5.45. The Balaban J connectivity index is 2.08. The van der Waals surface area contributed by atoms with Gasteiger partial charge in [-0.3, -0.25) is 9.13 Å². The van der Waals surface area contributed by atoms with Gasteiger partial charge < -0.3 is 4.57 Å². The maximum Gasteiger partial charge on any atom is 0.328 e. The minimum atomic E-state index is 0.0558. The van der Waals surface area contributed by atoms with Crippen LogP contribution in [0.5, 0.6) is 0 Å². The van der Waals surface area contributed by atoms with E-state index in [1.807, 2.05) is 37.0 Å². The Morgan fingerprint density at radius 3 is 2.38 bits per heavy atom. The van der Waals surface area contributed by atoms with Gasteiger partial charge in [0, 0.05) is 44.4 Å². The molecular weight excluding hydrogens is 204 g/mol. The molecule has 0 spiro atoms. The third-order valence-corrected chi connectivity index (χ3v) is 2.76. The second kappa shape index (κ2) is 4.38. The molecule has 5 nitrogen and oxygen atoms in total. The minimum Gasteiger partial charge on any atom is -0.333 e. The van der Waals surface area contributed by atoms with Crippen LogP contribution >= 0.6 is 0 Å². The van der Waals surface area contributed by atoms with Crippen molar-refractivity contribution in [3.05, 3.63) is 41.1 Å². The van der Waals surface area contributed by atoms with Crippen molar-refractivity contribution in [2.45, 2.75) is 33.5 Å². The number of aryl methyl sites for hydroxylation is 4. The number of hydrogen-bond donors (Lipinski definition) is 0. The zero-order chi connectivity index (χ0) is 11.5. The molecule has 0 aliphatic carbocycles. The van der Waals surface area contributed by atoms with Gasteiger partial charge in [0.2, 0.25) is 0 Å². The molecule has 0 atom stereocenters. The summed E-state index contributed by atoms with van der Waals surface area (Å²) in [4.78, 5) is 15.9. The highest BCUT2D eigenvalue weighted by atomic mass is 16.1. The molecule has 0 N–H and O–H groups in total. The average molecular weight is 220 g/mol. The molecule has 0 fully saturated rings. The Hall–Kier alpha value is -1.78. The first-order chi connectivity index (χ1) is 7.72. The van der Waals surface area contributed by atoms with Crippen molar-refractivity contribution < 1.29 is 0 Å². The molecule has 2 aromatic heterocycles. The lowest BCUT2D eigenvalue weighted by Gasteiger charge is -2.04. The number of rotatable bonds is 4. The highest BCUT2D eigenvalue weighted by Crippen LogP contribution is 1.96. The fourth-order valence-corrected chi connectivity index (χ4v) is 1.72. The molecule has 0 saturated carbocycles. The molecule has 0 unspecified atom stereocenters. The van der Waals surface area contributed by atoms with Crippen molar-refractivity contribution in [2.24, 2.45) is 0 Å². The molecule has 0 aromatic carbocycles. The van der Waals surface area contributed by atoms with Gasteiger partial charge in [-0.1, -0.05) is 0 Å². The predicted molar refractivity (Wildman–Crippen MR) is 61.3 cm³/mol. The normalized spacial score (nSPS) is 10.9. The summed E-state index contributed by atoms with van der Waals surface area (Å²) < 4.78 is 5.46. The van der Waals surface area contributed by atoms with Crippen LogP contribution in [0.25, 0.3) is 0 Å². The lowest BCUT2D eigenvalue weighted by atomic mass is 10.5. The zero-order valence-electron chi connectivity index (χ0n) is 9.63. The van der Waals surface area contributed by atoms with Gasteiger partial charge in [0.05, 0.1) is 0 Å². The molecule has 0 radical (unpaired) electrons. The molecule has 5 heteroatoms. The summed E-state index contributed by atoms with van der Waals surface area (Å²) in [6, 6.07) is 0.